The molecule has 4 saturated carbocycles. The van der Waals surface area contributed by atoms with Crippen molar-refractivity contribution in [3.8, 4) is 22.8 Å². The molecule has 4 aliphatic carbocycles. The fourth-order valence-electron chi connectivity index (χ4n) is 7.14. The van der Waals surface area contributed by atoms with E-state index in [-0.39, 0.29) is 18.2 Å². The number of aromatic nitrogens is 1. The lowest BCUT2D eigenvalue weighted by atomic mass is 9.53. The molecule has 0 spiro atoms. The van der Waals surface area contributed by atoms with Crippen molar-refractivity contribution in [1.29, 1.82) is 0 Å². The standard InChI is InChI=1S/C27H26N2O3/c30-26(29-27-12-16-7-17(13-27)9-18(8-16)14-27)21-11-23(28-22-4-2-1-3-20(21)22)19-5-6-24-25(10-19)32-15-31-24/h1-6,10-11,16-18H,7-9,12-15H2,(H,29,30). The second-order valence-corrected chi connectivity index (χ2v) is 10.3. The highest BCUT2D eigenvalue weighted by molar-refractivity contribution is 6.07. The summed E-state index contributed by atoms with van der Waals surface area (Å²) in [5.41, 5.74) is 3.22. The van der Waals surface area contributed by atoms with E-state index in [0.29, 0.717) is 5.56 Å². The lowest BCUT2D eigenvalue weighted by molar-refractivity contribution is -0.0166. The minimum Gasteiger partial charge on any atom is -0.454 e. The van der Waals surface area contributed by atoms with E-state index in [0.717, 1.165) is 70.7 Å². The van der Waals surface area contributed by atoms with Crippen molar-refractivity contribution in [2.24, 2.45) is 17.8 Å². The summed E-state index contributed by atoms with van der Waals surface area (Å²) < 4.78 is 11.0. The summed E-state index contributed by atoms with van der Waals surface area (Å²) >= 11 is 0. The summed E-state index contributed by atoms with van der Waals surface area (Å²) in [4.78, 5) is 18.6. The van der Waals surface area contributed by atoms with Gasteiger partial charge in [0.05, 0.1) is 16.8 Å². The number of hydrogen-bond donors (Lipinski definition) is 1. The van der Waals surface area contributed by atoms with Crippen LogP contribution in [0.25, 0.3) is 22.2 Å². The van der Waals surface area contributed by atoms with Crippen LogP contribution in [-0.2, 0) is 0 Å². The molecular weight excluding hydrogens is 400 g/mol. The van der Waals surface area contributed by atoms with Crippen LogP contribution in [0.15, 0.2) is 48.5 Å². The van der Waals surface area contributed by atoms with Gasteiger partial charge in [-0.05, 0) is 86.6 Å². The number of para-hydroxylation sites is 1. The SMILES string of the molecule is O=C(NC12CC3CC(CC(C3)C1)C2)c1cc(-c2ccc3c(c2)OCO3)nc2ccccc12. The predicted octanol–water partition coefficient (Wildman–Crippen LogP) is 5.33. The second-order valence-electron chi connectivity index (χ2n) is 10.3. The van der Waals surface area contributed by atoms with Gasteiger partial charge in [0.1, 0.15) is 0 Å². The molecule has 1 aliphatic heterocycles. The highest BCUT2D eigenvalue weighted by Crippen LogP contribution is 2.55. The van der Waals surface area contributed by atoms with Crippen LogP contribution in [0.4, 0.5) is 0 Å². The highest BCUT2D eigenvalue weighted by atomic mass is 16.7. The number of pyridine rings is 1. The Hall–Kier alpha value is -3.08. The monoisotopic (exact) mass is 426 g/mol. The maximum absolute atomic E-state index is 13.7. The Kier molecular flexibility index (Phi) is 3.88. The second kappa shape index (κ2) is 6.71. The van der Waals surface area contributed by atoms with Gasteiger partial charge in [-0.1, -0.05) is 18.2 Å². The maximum atomic E-state index is 13.7. The molecule has 1 amide bonds. The van der Waals surface area contributed by atoms with Crippen LogP contribution in [-0.4, -0.2) is 23.2 Å². The molecule has 0 radical (unpaired) electrons. The number of carbonyl (C=O) groups is 1. The summed E-state index contributed by atoms with van der Waals surface area (Å²) in [6.07, 6.45) is 7.51. The molecule has 0 atom stereocenters. The van der Waals surface area contributed by atoms with E-state index in [2.05, 4.69) is 5.32 Å². The van der Waals surface area contributed by atoms with Gasteiger partial charge < -0.3 is 14.8 Å². The molecule has 8 rings (SSSR count). The molecule has 5 nitrogen and oxygen atoms in total. The van der Waals surface area contributed by atoms with Gasteiger partial charge >= 0.3 is 0 Å². The Labute approximate surface area is 187 Å². The average Bonchev–Trinajstić information content (AvgIpc) is 3.25. The van der Waals surface area contributed by atoms with Crippen LogP contribution in [0.5, 0.6) is 11.5 Å². The molecule has 2 heterocycles. The largest absolute Gasteiger partial charge is 0.454 e. The molecule has 5 aliphatic rings. The van der Waals surface area contributed by atoms with Gasteiger partial charge in [-0.2, -0.15) is 0 Å². The number of ether oxygens (including phenoxy) is 2. The molecule has 4 bridgehead atoms. The number of carbonyl (C=O) groups excluding carboxylic acids is 1. The Morgan fingerprint density at radius 2 is 1.62 bits per heavy atom. The van der Waals surface area contributed by atoms with Crippen molar-refractivity contribution in [1.82, 2.24) is 10.3 Å². The van der Waals surface area contributed by atoms with Crippen LogP contribution in [0.1, 0.15) is 48.9 Å². The lowest BCUT2D eigenvalue weighted by Gasteiger charge is -2.56. The molecule has 1 aromatic heterocycles. The maximum Gasteiger partial charge on any atom is 0.252 e. The zero-order chi connectivity index (χ0) is 21.3. The smallest absolute Gasteiger partial charge is 0.252 e. The first-order chi connectivity index (χ1) is 15.6. The van der Waals surface area contributed by atoms with Crippen molar-refractivity contribution in [2.45, 2.75) is 44.1 Å². The average molecular weight is 427 g/mol. The van der Waals surface area contributed by atoms with Crippen molar-refractivity contribution < 1.29 is 14.3 Å². The summed E-state index contributed by atoms with van der Waals surface area (Å²) in [6.45, 7) is 0.239. The van der Waals surface area contributed by atoms with Gasteiger partial charge in [-0.15, -0.1) is 0 Å². The molecule has 0 saturated heterocycles. The molecular formula is C27H26N2O3. The summed E-state index contributed by atoms with van der Waals surface area (Å²) in [5, 5.41) is 4.44. The molecule has 0 unspecified atom stereocenters. The predicted molar refractivity (Wildman–Crippen MR) is 122 cm³/mol. The van der Waals surface area contributed by atoms with E-state index in [9.17, 15) is 4.79 Å². The minimum absolute atomic E-state index is 0.0187. The van der Waals surface area contributed by atoms with E-state index < -0.39 is 0 Å². The quantitative estimate of drug-likeness (QED) is 0.615. The minimum atomic E-state index is -0.0187. The number of nitrogens with one attached hydrogen (secondary N) is 1. The fraction of sp³-hybridized carbons (Fsp3) is 0.407. The first-order valence-corrected chi connectivity index (χ1v) is 11.8. The van der Waals surface area contributed by atoms with Crippen molar-refractivity contribution in [3.05, 3.63) is 54.1 Å². The van der Waals surface area contributed by atoms with Crippen molar-refractivity contribution >= 4 is 16.8 Å². The fourth-order valence-corrected chi connectivity index (χ4v) is 7.14. The summed E-state index contributed by atoms with van der Waals surface area (Å²) in [7, 11) is 0. The zero-order valence-electron chi connectivity index (χ0n) is 18.0. The van der Waals surface area contributed by atoms with E-state index in [1.807, 2.05) is 48.5 Å². The number of fused-ring (bicyclic) bond motifs is 2. The number of hydrogen-bond acceptors (Lipinski definition) is 4. The molecule has 162 valence electrons. The summed E-state index contributed by atoms with van der Waals surface area (Å²) in [5.74, 6) is 3.87. The van der Waals surface area contributed by atoms with E-state index in [4.69, 9.17) is 14.5 Å². The number of rotatable bonds is 3. The Bertz CT molecular complexity index is 1220. The highest BCUT2D eigenvalue weighted by Gasteiger charge is 2.51. The van der Waals surface area contributed by atoms with Gasteiger partial charge in [-0.25, -0.2) is 4.98 Å². The van der Waals surface area contributed by atoms with Gasteiger partial charge in [-0.3, -0.25) is 4.79 Å². The number of amides is 1. The normalized spacial score (nSPS) is 29.4. The topological polar surface area (TPSA) is 60.5 Å². The van der Waals surface area contributed by atoms with E-state index in [1.54, 1.807) is 0 Å². The molecule has 3 aromatic rings. The number of benzene rings is 2. The first-order valence-electron chi connectivity index (χ1n) is 11.8. The third-order valence-electron chi connectivity index (χ3n) is 8.05. The van der Waals surface area contributed by atoms with Crippen LogP contribution < -0.4 is 14.8 Å². The van der Waals surface area contributed by atoms with Gasteiger partial charge in [0, 0.05) is 16.5 Å². The molecule has 32 heavy (non-hydrogen) atoms. The first kappa shape index (κ1) is 18.5. The van der Waals surface area contributed by atoms with Crippen LogP contribution in [0, 0.1) is 17.8 Å². The van der Waals surface area contributed by atoms with Crippen molar-refractivity contribution in [2.75, 3.05) is 6.79 Å². The summed E-state index contributed by atoms with van der Waals surface area (Å²) in [6, 6.07) is 15.7. The Morgan fingerprint density at radius 1 is 0.906 bits per heavy atom. The third kappa shape index (κ3) is 2.90. The van der Waals surface area contributed by atoms with Crippen LogP contribution in [0.2, 0.25) is 0 Å². The Balaban J connectivity index is 1.28. The van der Waals surface area contributed by atoms with E-state index in [1.165, 1.54) is 19.3 Å². The van der Waals surface area contributed by atoms with Crippen LogP contribution in [0.3, 0.4) is 0 Å². The van der Waals surface area contributed by atoms with Gasteiger partial charge in [0.25, 0.3) is 5.91 Å². The Morgan fingerprint density at radius 3 is 2.41 bits per heavy atom. The van der Waals surface area contributed by atoms with Crippen LogP contribution >= 0.6 is 0 Å². The molecule has 2 aromatic carbocycles. The zero-order valence-corrected chi connectivity index (χ0v) is 18.0. The molecule has 4 fully saturated rings. The van der Waals surface area contributed by atoms with Gasteiger partial charge in [0.15, 0.2) is 11.5 Å². The molecule has 1 N–H and O–H groups in total. The van der Waals surface area contributed by atoms with Crippen molar-refractivity contribution in [3.63, 3.8) is 0 Å². The number of nitrogens with zero attached hydrogens (tertiary/aromatic N) is 1. The lowest BCUT2D eigenvalue weighted by Crippen LogP contribution is -2.59. The molecule has 5 heteroatoms. The third-order valence-corrected chi connectivity index (χ3v) is 8.05. The van der Waals surface area contributed by atoms with Gasteiger partial charge in [0.2, 0.25) is 6.79 Å². The van der Waals surface area contributed by atoms with E-state index >= 15 is 0 Å².